The molecule has 3 rings (SSSR count). The standard InChI is InChI=1S/C21H24N2O5S/c1-24-16-7-6-12(8-17(16)25-2)14-11-15(23-21(29)22-14)13-9-18(26-3)20(28-5)19(10-13)27-4/h6-11,14H,1-5H3,(H2,22,23,29). The number of thiocarbonyl (C=S) groups is 1. The molecule has 7 nitrogen and oxygen atoms in total. The Bertz CT molecular complexity index is 920. The van der Waals surface area contributed by atoms with E-state index >= 15 is 0 Å². The summed E-state index contributed by atoms with van der Waals surface area (Å²) in [4.78, 5) is 0. The monoisotopic (exact) mass is 416 g/mol. The van der Waals surface area contributed by atoms with E-state index in [0.29, 0.717) is 33.9 Å². The normalized spacial score (nSPS) is 15.6. The minimum atomic E-state index is -0.155. The Morgan fingerprint density at radius 1 is 0.759 bits per heavy atom. The van der Waals surface area contributed by atoms with Crippen molar-refractivity contribution in [1.29, 1.82) is 0 Å². The fourth-order valence-corrected chi connectivity index (χ4v) is 3.42. The molecule has 0 aliphatic carbocycles. The highest BCUT2D eigenvalue weighted by Crippen LogP contribution is 2.40. The van der Waals surface area contributed by atoms with E-state index in [4.69, 9.17) is 35.9 Å². The van der Waals surface area contributed by atoms with E-state index in [1.165, 1.54) is 0 Å². The molecule has 29 heavy (non-hydrogen) atoms. The second kappa shape index (κ2) is 8.91. The van der Waals surface area contributed by atoms with Crippen LogP contribution < -0.4 is 34.3 Å². The van der Waals surface area contributed by atoms with Gasteiger partial charge in [0.1, 0.15) is 0 Å². The second-order valence-electron chi connectivity index (χ2n) is 6.18. The lowest BCUT2D eigenvalue weighted by molar-refractivity contribution is 0.324. The van der Waals surface area contributed by atoms with Crippen LogP contribution in [0.25, 0.3) is 5.70 Å². The maximum atomic E-state index is 5.47. The fraction of sp³-hybridized carbons (Fsp3) is 0.286. The van der Waals surface area contributed by atoms with E-state index in [2.05, 4.69) is 10.6 Å². The van der Waals surface area contributed by atoms with Crippen LogP contribution in [0.3, 0.4) is 0 Å². The van der Waals surface area contributed by atoms with Crippen molar-refractivity contribution in [2.24, 2.45) is 0 Å². The van der Waals surface area contributed by atoms with Gasteiger partial charge in [0, 0.05) is 11.3 Å². The molecule has 2 aromatic carbocycles. The lowest BCUT2D eigenvalue weighted by Crippen LogP contribution is -2.40. The Morgan fingerprint density at radius 3 is 1.93 bits per heavy atom. The Morgan fingerprint density at radius 2 is 1.38 bits per heavy atom. The van der Waals surface area contributed by atoms with Gasteiger partial charge in [0.05, 0.1) is 41.6 Å². The summed E-state index contributed by atoms with van der Waals surface area (Å²) >= 11 is 5.43. The molecule has 1 atom stereocenters. The van der Waals surface area contributed by atoms with Crippen LogP contribution >= 0.6 is 12.2 Å². The minimum Gasteiger partial charge on any atom is -0.493 e. The third-order valence-electron chi connectivity index (χ3n) is 4.61. The van der Waals surface area contributed by atoms with Gasteiger partial charge in [0.15, 0.2) is 28.1 Å². The first-order valence-corrected chi connectivity index (χ1v) is 9.27. The van der Waals surface area contributed by atoms with Gasteiger partial charge in [0.2, 0.25) is 5.75 Å². The average Bonchev–Trinajstić information content (AvgIpc) is 2.76. The maximum absolute atomic E-state index is 5.47. The average molecular weight is 416 g/mol. The summed E-state index contributed by atoms with van der Waals surface area (Å²) in [6.07, 6.45) is 2.04. The van der Waals surface area contributed by atoms with Crippen molar-refractivity contribution in [3.63, 3.8) is 0 Å². The van der Waals surface area contributed by atoms with Gasteiger partial charge in [-0.05, 0) is 48.1 Å². The zero-order valence-electron chi connectivity index (χ0n) is 17.0. The summed E-state index contributed by atoms with van der Waals surface area (Å²) in [6, 6.07) is 9.36. The molecule has 0 bridgehead atoms. The summed E-state index contributed by atoms with van der Waals surface area (Å²) in [7, 11) is 7.96. The van der Waals surface area contributed by atoms with Gasteiger partial charge in [-0.3, -0.25) is 0 Å². The summed E-state index contributed by atoms with van der Waals surface area (Å²) in [5, 5.41) is 6.97. The van der Waals surface area contributed by atoms with Gasteiger partial charge >= 0.3 is 0 Å². The first-order valence-electron chi connectivity index (χ1n) is 8.86. The van der Waals surface area contributed by atoms with Crippen LogP contribution in [0, 0.1) is 0 Å². The van der Waals surface area contributed by atoms with Gasteiger partial charge in [-0.25, -0.2) is 0 Å². The number of methoxy groups -OCH3 is 5. The third-order valence-corrected chi connectivity index (χ3v) is 4.83. The molecule has 1 aliphatic heterocycles. The van der Waals surface area contributed by atoms with Crippen molar-refractivity contribution in [2.75, 3.05) is 35.5 Å². The Kier molecular flexibility index (Phi) is 6.33. The highest BCUT2D eigenvalue weighted by Gasteiger charge is 2.22. The molecule has 8 heteroatoms. The molecule has 1 heterocycles. The summed E-state index contributed by atoms with van der Waals surface area (Å²) in [5.41, 5.74) is 2.66. The predicted molar refractivity (Wildman–Crippen MR) is 115 cm³/mol. The minimum absolute atomic E-state index is 0.155. The van der Waals surface area contributed by atoms with Gasteiger partial charge in [0.25, 0.3) is 0 Å². The van der Waals surface area contributed by atoms with Crippen LogP contribution in [0.2, 0.25) is 0 Å². The summed E-state index contributed by atoms with van der Waals surface area (Å²) in [6.45, 7) is 0. The van der Waals surface area contributed by atoms with Crippen LogP contribution in [0.4, 0.5) is 0 Å². The molecule has 0 fully saturated rings. The smallest absolute Gasteiger partial charge is 0.203 e. The predicted octanol–water partition coefficient (Wildman–Crippen LogP) is 3.29. The van der Waals surface area contributed by atoms with Crippen LogP contribution in [0.1, 0.15) is 17.2 Å². The van der Waals surface area contributed by atoms with Crippen molar-refractivity contribution in [2.45, 2.75) is 6.04 Å². The van der Waals surface area contributed by atoms with E-state index < -0.39 is 0 Å². The highest BCUT2D eigenvalue weighted by atomic mass is 32.1. The van der Waals surface area contributed by atoms with Crippen molar-refractivity contribution in [1.82, 2.24) is 10.6 Å². The molecule has 2 aromatic rings. The van der Waals surface area contributed by atoms with Crippen LogP contribution in [-0.4, -0.2) is 40.7 Å². The van der Waals surface area contributed by atoms with Gasteiger partial charge in [-0.2, -0.15) is 0 Å². The van der Waals surface area contributed by atoms with E-state index in [9.17, 15) is 0 Å². The molecule has 0 aromatic heterocycles. The lowest BCUT2D eigenvalue weighted by atomic mass is 10.0. The van der Waals surface area contributed by atoms with Crippen LogP contribution in [-0.2, 0) is 0 Å². The van der Waals surface area contributed by atoms with Crippen LogP contribution in [0.5, 0.6) is 28.7 Å². The molecule has 1 aliphatic rings. The second-order valence-corrected chi connectivity index (χ2v) is 6.59. The lowest BCUT2D eigenvalue weighted by Gasteiger charge is -2.27. The Balaban J connectivity index is 2.04. The first-order chi connectivity index (χ1) is 14.0. The SMILES string of the molecule is COc1ccc(C2C=C(c3cc(OC)c(OC)c(OC)c3)NC(=S)N2)cc1OC. The summed E-state index contributed by atoms with van der Waals surface area (Å²) in [5.74, 6) is 2.99. The molecular weight excluding hydrogens is 392 g/mol. The number of rotatable bonds is 7. The number of ether oxygens (including phenoxy) is 5. The van der Waals surface area contributed by atoms with Crippen molar-refractivity contribution in [3.05, 3.63) is 47.5 Å². The van der Waals surface area contributed by atoms with E-state index in [-0.39, 0.29) is 6.04 Å². The largest absolute Gasteiger partial charge is 0.493 e. The molecular formula is C21H24N2O5S. The molecule has 0 amide bonds. The van der Waals surface area contributed by atoms with Crippen molar-refractivity contribution < 1.29 is 23.7 Å². The Hall–Kier alpha value is -3.13. The fourth-order valence-electron chi connectivity index (χ4n) is 3.18. The first kappa shape index (κ1) is 20.6. The van der Waals surface area contributed by atoms with E-state index in [1.807, 2.05) is 36.4 Å². The number of nitrogens with one attached hydrogen (secondary N) is 2. The molecule has 1 unspecified atom stereocenters. The summed E-state index contributed by atoms with van der Waals surface area (Å²) < 4.78 is 27.1. The molecule has 0 spiro atoms. The topological polar surface area (TPSA) is 70.2 Å². The molecule has 2 N–H and O–H groups in total. The zero-order chi connectivity index (χ0) is 21.0. The van der Waals surface area contributed by atoms with E-state index in [0.717, 1.165) is 16.8 Å². The molecule has 154 valence electrons. The zero-order valence-corrected chi connectivity index (χ0v) is 17.8. The third kappa shape index (κ3) is 4.17. The van der Waals surface area contributed by atoms with E-state index in [1.54, 1.807) is 35.5 Å². The van der Waals surface area contributed by atoms with Crippen molar-refractivity contribution >= 4 is 23.0 Å². The highest BCUT2D eigenvalue weighted by molar-refractivity contribution is 7.80. The molecule has 0 saturated heterocycles. The number of hydrogen-bond acceptors (Lipinski definition) is 6. The van der Waals surface area contributed by atoms with Gasteiger partial charge < -0.3 is 34.3 Å². The quantitative estimate of drug-likeness (QED) is 0.667. The molecule has 0 saturated carbocycles. The maximum Gasteiger partial charge on any atom is 0.203 e. The van der Waals surface area contributed by atoms with Crippen molar-refractivity contribution in [3.8, 4) is 28.7 Å². The van der Waals surface area contributed by atoms with Crippen LogP contribution in [0.15, 0.2) is 36.4 Å². The van der Waals surface area contributed by atoms with Gasteiger partial charge in [-0.1, -0.05) is 6.07 Å². The molecule has 0 radical (unpaired) electrons. The Labute approximate surface area is 175 Å². The van der Waals surface area contributed by atoms with Gasteiger partial charge in [-0.15, -0.1) is 0 Å². The number of hydrogen-bond donors (Lipinski definition) is 2. The number of benzene rings is 2.